The van der Waals surface area contributed by atoms with Crippen molar-refractivity contribution in [2.75, 3.05) is 26.2 Å². The van der Waals surface area contributed by atoms with Gasteiger partial charge in [0.15, 0.2) is 0 Å². The maximum atomic E-state index is 12.5. The van der Waals surface area contributed by atoms with Gasteiger partial charge in [0.1, 0.15) is 6.04 Å². The largest absolute Gasteiger partial charge is 0.336 e. The van der Waals surface area contributed by atoms with Crippen LogP contribution in [0.2, 0.25) is 0 Å². The van der Waals surface area contributed by atoms with E-state index < -0.39 is 0 Å². The molecule has 0 radical (unpaired) electrons. The fourth-order valence-corrected chi connectivity index (χ4v) is 3.10. The van der Waals surface area contributed by atoms with Crippen LogP contribution in [0.25, 0.3) is 0 Å². The molecule has 1 aliphatic rings. The smallest absolute Gasteiger partial charge is 0.254 e. The van der Waals surface area contributed by atoms with Crippen molar-refractivity contribution in [2.45, 2.75) is 13.0 Å². The average molecular weight is 320 g/mol. The molecule has 1 aromatic carbocycles. The number of aryl methyl sites for hydroxylation is 1. The van der Waals surface area contributed by atoms with Crippen LogP contribution in [-0.2, 0) is 0 Å². The topological polar surface area (TPSA) is 60.2 Å². The van der Waals surface area contributed by atoms with Gasteiger partial charge in [0.05, 0.1) is 6.07 Å². The van der Waals surface area contributed by atoms with Gasteiger partial charge >= 0.3 is 0 Å². The maximum Gasteiger partial charge on any atom is 0.254 e. The highest BCUT2D eigenvalue weighted by molar-refractivity contribution is 5.94. The first-order valence-corrected chi connectivity index (χ1v) is 8.09. The molecule has 1 fully saturated rings. The van der Waals surface area contributed by atoms with Gasteiger partial charge in [0.25, 0.3) is 5.91 Å². The molecule has 1 aliphatic heterocycles. The number of nitrogens with zero attached hydrogens (tertiary/aromatic N) is 4. The van der Waals surface area contributed by atoms with Gasteiger partial charge in [-0.3, -0.25) is 14.7 Å². The number of hydrogen-bond acceptors (Lipinski definition) is 4. The highest BCUT2D eigenvalue weighted by Gasteiger charge is 2.28. The van der Waals surface area contributed by atoms with Crippen molar-refractivity contribution in [2.24, 2.45) is 0 Å². The van der Waals surface area contributed by atoms with Crippen LogP contribution in [0.5, 0.6) is 0 Å². The van der Waals surface area contributed by atoms with Crippen molar-refractivity contribution in [1.29, 1.82) is 5.26 Å². The predicted octanol–water partition coefficient (Wildman–Crippen LogP) is 2.41. The molecule has 5 heteroatoms. The Labute approximate surface area is 142 Å². The van der Waals surface area contributed by atoms with Crippen LogP contribution in [0.3, 0.4) is 0 Å². The molecule has 1 atom stereocenters. The Morgan fingerprint density at radius 2 is 1.79 bits per heavy atom. The van der Waals surface area contributed by atoms with Crippen LogP contribution in [0.1, 0.15) is 27.5 Å². The summed E-state index contributed by atoms with van der Waals surface area (Å²) in [7, 11) is 0. The van der Waals surface area contributed by atoms with Crippen LogP contribution >= 0.6 is 0 Å². The van der Waals surface area contributed by atoms with Crippen LogP contribution in [0.15, 0.2) is 48.8 Å². The molecule has 24 heavy (non-hydrogen) atoms. The second-order valence-electron chi connectivity index (χ2n) is 5.95. The Morgan fingerprint density at radius 1 is 1.12 bits per heavy atom. The molecule has 0 N–H and O–H groups in total. The summed E-state index contributed by atoms with van der Waals surface area (Å²) in [5.41, 5.74) is 2.84. The van der Waals surface area contributed by atoms with Crippen molar-refractivity contribution >= 4 is 5.91 Å². The van der Waals surface area contributed by atoms with E-state index in [4.69, 9.17) is 0 Å². The van der Waals surface area contributed by atoms with Gasteiger partial charge in [-0.1, -0.05) is 24.3 Å². The molecule has 1 unspecified atom stereocenters. The van der Waals surface area contributed by atoms with Crippen LogP contribution in [0.4, 0.5) is 0 Å². The lowest BCUT2D eigenvalue weighted by atomic mass is 10.0. The van der Waals surface area contributed by atoms with E-state index in [0.29, 0.717) is 31.7 Å². The van der Waals surface area contributed by atoms with E-state index >= 15 is 0 Å². The van der Waals surface area contributed by atoms with E-state index in [1.165, 1.54) is 0 Å². The molecule has 0 saturated carbocycles. The number of rotatable bonds is 3. The molecule has 122 valence electrons. The highest BCUT2D eigenvalue weighted by Crippen LogP contribution is 2.24. The summed E-state index contributed by atoms with van der Waals surface area (Å²) in [6.45, 7) is 4.69. The van der Waals surface area contributed by atoms with E-state index in [1.807, 2.05) is 36.1 Å². The molecular weight excluding hydrogens is 300 g/mol. The number of aromatic nitrogens is 1. The van der Waals surface area contributed by atoms with Gasteiger partial charge in [-0.05, 0) is 30.2 Å². The standard InChI is InChI=1S/C19H20N4O/c1-15-4-2-3-5-17(15)18(14-20)22-10-12-23(13-11-22)19(24)16-6-8-21-9-7-16/h2-9,18H,10-13H2,1H3. The molecule has 2 aromatic rings. The number of carbonyl (C=O) groups is 1. The minimum absolute atomic E-state index is 0.0291. The molecule has 2 heterocycles. The number of hydrogen-bond donors (Lipinski definition) is 0. The molecule has 1 aromatic heterocycles. The quantitative estimate of drug-likeness (QED) is 0.871. The lowest BCUT2D eigenvalue weighted by Gasteiger charge is -2.37. The minimum atomic E-state index is -0.260. The summed E-state index contributed by atoms with van der Waals surface area (Å²) in [5.74, 6) is 0.0291. The molecular formula is C19H20N4O. The number of carbonyl (C=O) groups excluding carboxylic acids is 1. The van der Waals surface area contributed by atoms with E-state index in [1.54, 1.807) is 24.5 Å². The van der Waals surface area contributed by atoms with Crippen molar-refractivity contribution in [1.82, 2.24) is 14.8 Å². The van der Waals surface area contributed by atoms with Crippen LogP contribution in [0, 0.1) is 18.3 Å². The molecule has 0 aliphatic carbocycles. The number of nitriles is 1. The molecule has 3 rings (SSSR count). The maximum absolute atomic E-state index is 12.5. The highest BCUT2D eigenvalue weighted by atomic mass is 16.2. The Hall–Kier alpha value is -2.71. The van der Waals surface area contributed by atoms with E-state index in [9.17, 15) is 10.1 Å². The van der Waals surface area contributed by atoms with Crippen LogP contribution < -0.4 is 0 Å². The Balaban J connectivity index is 1.67. The van der Waals surface area contributed by atoms with E-state index in [-0.39, 0.29) is 11.9 Å². The van der Waals surface area contributed by atoms with E-state index in [0.717, 1.165) is 11.1 Å². The van der Waals surface area contributed by atoms with Crippen LogP contribution in [-0.4, -0.2) is 46.9 Å². The van der Waals surface area contributed by atoms with Gasteiger partial charge in [-0.25, -0.2) is 0 Å². The monoisotopic (exact) mass is 320 g/mol. The van der Waals surface area contributed by atoms with Gasteiger partial charge in [0.2, 0.25) is 0 Å². The first-order valence-electron chi connectivity index (χ1n) is 8.09. The minimum Gasteiger partial charge on any atom is -0.336 e. The molecule has 5 nitrogen and oxygen atoms in total. The summed E-state index contributed by atoms with van der Waals surface area (Å²) in [6, 6.07) is 13.6. The third kappa shape index (κ3) is 3.29. The van der Waals surface area contributed by atoms with Gasteiger partial charge < -0.3 is 4.90 Å². The van der Waals surface area contributed by atoms with E-state index in [2.05, 4.69) is 16.0 Å². The predicted molar refractivity (Wildman–Crippen MR) is 91.2 cm³/mol. The Bertz CT molecular complexity index is 745. The summed E-state index contributed by atoms with van der Waals surface area (Å²) >= 11 is 0. The summed E-state index contributed by atoms with van der Waals surface area (Å²) in [6.07, 6.45) is 3.26. The number of amides is 1. The molecule has 0 bridgehead atoms. The molecule has 1 amide bonds. The number of pyridine rings is 1. The first kappa shape index (κ1) is 16.2. The summed E-state index contributed by atoms with van der Waals surface area (Å²) < 4.78 is 0. The zero-order chi connectivity index (χ0) is 16.9. The fraction of sp³-hybridized carbons (Fsp3) is 0.316. The lowest BCUT2D eigenvalue weighted by Crippen LogP contribution is -2.49. The van der Waals surface area contributed by atoms with Crippen molar-refractivity contribution in [3.05, 3.63) is 65.5 Å². The summed E-state index contributed by atoms with van der Waals surface area (Å²) in [4.78, 5) is 20.4. The summed E-state index contributed by atoms with van der Waals surface area (Å²) in [5, 5.41) is 9.63. The Kier molecular flexibility index (Phi) is 4.88. The normalized spacial score (nSPS) is 16.4. The SMILES string of the molecule is Cc1ccccc1C(C#N)N1CCN(C(=O)c2ccncc2)CC1. The molecule has 1 saturated heterocycles. The fourth-order valence-electron chi connectivity index (χ4n) is 3.10. The van der Waals surface area contributed by atoms with Crippen molar-refractivity contribution < 1.29 is 4.79 Å². The van der Waals surface area contributed by atoms with Gasteiger partial charge in [0, 0.05) is 44.1 Å². The average Bonchev–Trinajstić information content (AvgIpc) is 2.64. The Morgan fingerprint density at radius 3 is 2.42 bits per heavy atom. The zero-order valence-corrected chi connectivity index (χ0v) is 13.7. The second kappa shape index (κ2) is 7.24. The van der Waals surface area contributed by atoms with Gasteiger partial charge in [-0.2, -0.15) is 5.26 Å². The molecule has 0 spiro atoms. The van der Waals surface area contributed by atoms with Crippen molar-refractivity contribution in [3.8, 4) is 6.07 Å². The van der Waals surface area contributed by atoms with Crippen molar-refractivity contribution in [3.63, 3.8) is 0 Å². The zero-order valence-electron chi connectivity index (χ0n) is 13.7. The third-order valence-corrected chi connectivity index (χ3v) is 4.50. The first-order chi connectivity index (χ1) is 11.7. The van der Waals surface area contributed by atoms with Gasteiger partial charge in [-0.15, -0.1) is 0 Å². The second-order valence-corrected chi connectivity index (χ2v) is 5.95. The third-order valence-electron chi connectivity index (χ3n) is 4.50. The lowest BCUT2D eigenvalue weighted by molar-refractivity contribution is 0.0606. The number of piperazine rings is 1. The number of benzene rings is 1.